The second-order valence-electron chi connectivity index (χ2n) is 7.21. The Morgan fingerprint density at radius 3 is 2.09 bits per heavy atom. The minimum atomic E-state index is -0.207. The van der Waals surface area contributed by atoms with Crippen LogP contribution in [-0.2, 0) is 4.74 Å². The third-order valence-electron chi connectivity index (χ3n) is 3.78. The van der Waals surface area contributed by atoms with E-state index in [1.54, 1.807) is 11.8 Å². The lowest BCUT2D eigenvalue weighted by Gasteiger charge is -2.34. The van der Waals surface area contributed by atoms with Crippen molar-refractivity contribution < 1.29 is 9.47 Å². The first-order chi connectivity index (χ1) is 10.3. The minimum Gasteiger partial charge on any atom is -0.465 e. The fourth-order valence-corrected chi connectivity index (χ4v) is 3.42. The molecule has 0 aliphatic carbocycles. The maximum atomic E-state index is 5.81. The van der Waals surface area contributed by atoms with E-state index in [0.29, 0.717) is 11.8 Å². The van der Waals surface area contributed by atoms with Crippen LogP contribution in [0.4, 0.5) is 0 Å². The zero-order valence-corrected chi connectivity index (χ0v) is 16.0. The van der Waals surface area contributed by atoms with Crippen molar-refractivity contribution in [2.45, 2.75) is 53.8 Å². The Kier molecular flexibility index (Phi) is 7.78. The third kappa shape index (κ3) is 6.21. The molecule has 1 aromatic rings. The van der Waals surface area contributed by atoms with Gasteiger partial charge < -0.3 is 9.47 Å². The normalized spacial score (nSPS) is 14.9. The Morgan fingerprint density at radius 2 is 1.64 bits per heavy atom. The van der Waals surface area contributed by atoms with Crippen molar-refractivity contribution in [3.8, 4) is 5.75 Å². The summed E-state index contributed by atoms with van der Waals surface area (Å²) in [6.45, 7) is 14.2. The predicted octanol–water partition coefficient (Wildman–Crippen LogP) is 5.58. The van der Waals surface area contributed by atoms with E-state index in [2.05, 4.69) is 65.1 Å². The molecule has 0 bridgehead atoms. The second kappa shape index (κ2) is 8.83. The summed E-state index contributed by atoms with van der Waals surface area (Å²) in [5.41, 5.74) is 1.64. The van der Waals surface area contributed by atoms with Crippen LogP contribution >= 0.6 is 11.8 Å². The number of hydrogen-bond acceptors (Lipinski definition) is 3. The smallest absolute Gasteiger partial charge is 0.197 e. The molecule has 0 saturated heterocycles. The molecule has 2 unspecified atom stereocenters. The molecule has 1 aromatic carbocycles. The lowest BCUT2D eigenvalue weighted by Crippen LogP contribution is -2.23. The van der Waals surface area contributed by atoms with Crippen molar-refractivity contribution in [1.29, 1.82) is 0 Å². The lowest BCUT2D eigenvalue weighted by atomic mass is 9.70. The fraction of sp³-hybridized carbons (Fsp3) is 0.684. The number of rotatable bonds is 8. The number of hydrogen-bond donors (Lipinski definition) is 0. The first-order valence-electron chi connectivity index (χ1n) is 8.13. The van der Waals surface area contributed by atoms with E-state index in [-0.39, 0.29) is 11.7 Å². The van der Waals surface area contributed by atoms with Crippen molar-refractivity contribution in [2.24, 2.45) is 11.3 Å². The van der Waals surface area contributed by atoms with E-state index in [4.69, 9.17) is 9.47 Å². The highest BCUT2D eigenvalue weighted by molar-refractivity contribution is 7.98. The van der Waals surface area contributed by atoms with Crippen LogP contribution in [0.5, 0.6) is 5.75 Å². The molecule has 0 fully saturated rings. The van der Waals surface area contributed by atoms with Gasteiger partial charge in [-0.25, -0.2) is 0 Å². The van der Waals surface area contributed by atoms with Gasteiger partial charge in [-0.15, -0.1) is 0 Å². The average molecular weight is 325 g/mol. The SMILES string of the molecule is CSCCOC(C)Oc1ccc(C(C(C)C)C(C)(C)C)cc1. The van der Waals surface area contributed by atoms with E-state index in [1.807, 2.05) is 6.92 Å². The van der Waals surface area contributed by atoms with Crippen LogP contribution in [0.1, 0.15) is 53.0 Å². The maximum absolute atomic E-state index is 5.81. The predicted molar refractivity (Wildman–Crippen MR) is 97.9 cm³/mol. The Hall–Kier alpha value is -0.670. The topological polar surface area (TPSA) is 18.5 Å². The highest BCUT2D eigenvalue weighted by Crippen LogP contribution is 2.40. The number of benzene rings is 1. The quantitative estimate of drug-likeness (QED) is 0.459. The van der Waals surface area contributed by atoms with Gasteiger partial charge in [-0.1, -0.05) is 46.8 Å². The molecule has 0 radical (unpaired) electrons. The molecule has 0 aliphatic heterocycles. The monoisotopic (exact) mass is 324 g/mol. The van der Waals surface area contributed by atoms with Crippen molar-refractivity contribution in [2.75, 3.05) is 18.6 Å². The zero-order chi connectivity index (χ0) is 16.8. The Morgan fingerprint density at radius 1 is 1.05 bits per heavy atom. The fourth-order valence-electron chi connectivity index (χ4n) is 3.16. The molecule has 22 heavy (non-hydrogen) atoms. The van der Waals surface area contributed by atoms with Gasteiger partial charge in [0.25, 0.3) is 0 Å². The summed E-state index contributed by atoms with van der Waals surface area (Å²) in [6, 6.07) is 8.51. The molecule has 2 atom stereocenters. The molecule has 0 saturated carbocycles. The molecule has 126 valence electrons. The largest absolute Gasteiger partial charge is 0.465 e. The molecular formula is C19H32O2S. The van der Waals surface area contributed by atoms with Gasteiger partial charge in [0.2, 0.25) is 0 Å². The van der Waals surface area contributed by atoms with Gasteiger partial charge in [0, 0.05) is 5.75 Å². The summed E-state index contributed by atoms with van der Waals surface area (Å²) < 4.78 is 11.4. The van der Waals surface area contributed by atoms with Gasteiger partial charge in [0.15, 0.2) is 6.29 Å². The third-order valence-corrected chi connectivity index (χ3v) is 4.36. The van der Waals surface area contributed by atoms with Gasteiger partial charge in [-0.3, -0.25) is 0 Å². The van der Waals surface area contributed by atoms with Gasteiger partial charge in [-0.2, -0.15) is 11.8 Å². The Bertz CT molecular complexity index is 420. The maximum Gasteiger partial charge on any atom is 0.197 e. The van der Waals surface area contributed by atoms with Crippen molar-refractivity contribution in [3.63, 3.8) is 0 Å². The first kappa shape index (κ1) is 19.4. The molecule has 3 heteroatoms. The van der Waals surface area contributed by atoms with E-state index < -0.39 is 0 Å². The summed E-state index contributed by atoms with van der Waals surface area (Å²) in [7, 11) is 0. The van der Waals surface area contributed by atoms with Crippen LogP contribution in [0.15, 0.2) is 24.3 Å². The minimum absolute atomic E-state index is 0.207. The summed E-state index contributed by atoms with van der Waals surface area (Å²) >= 11 is 1.78. The summed E-state index contributed by atoms with van der Waals surface area (Å²) in [5.74, 6) is 3.02. The molecule has 2 nitrogen and oxygen atoms in total. The average Bonchev–Trinajstić information content (AvgIpc) is 2.39. The highest BCUT2D eigenvalue weighted by Gasteiger charge is 2.28. The summed E-state index contributed by atoms with van der Waals surface area (Å²) in [5, 5.41) is 0. The molecule has 0 amide bonds. The van der Waals surface area contributed by atoms with Crippen molar-refractivity contribution in [3.05, 3.63) is 29.8 Å². The lowest BCUT2D eigenvalue weighted by molar-refractivity contribution is -0.0602. The van der Waals surface area contributed by atoms with E-state index in [9.17, 15) is 0 Å². The zero-order valence-electron chi connectivity index (χ0n) is 15.2. The van der Waals surface area contributed by atoms with Crippen molar-refractivity contribution >= 4 is 11.8 Å². The van der Waals surface area contributed by atoms with Crippen LogP contribution in [-0.4, -0.2) is 24.9 Å². The van der Waals surface area contributed by atoms with Gasteiger partial charge in [0.05, 0.1) is 6.61 Å². The summed E-state index contributed by atoms with van der Waals surface area (Å²) in [4.78, 5) is 0. The van der Waals surface area contributed by atoms with E-state index >= 15 is 0 Å². The second-order valence-corrected chi connectivity index (χ2v) is 8.19. The molecule has 0 N–H and O–H groups in total. The van der Waals surface area contributed by atoms with Crippen LogP contribution in [0, 0.1) is 11.3 Å². The highest BCUT2D eigenvalue weighted by atomic mass is 32.2. The molecule has 0 aromatic heterocycles. The van der Waals surface area contributed by atoms with Crippen LogP contribution < -0.4 is 4.74 Å². The van der Waals surface area contributed by atoms with Crippen molar-refractivity contribution in [1.82, 2.24) is 0 Å². The van der Waals surface area contributed by atoms with E-state index in [1.165, 1.54) is 5.56 Å². The Balaban J connectivity index is 2.69. The van der Waals surface area contributed by atoms with Gasteiger partial charge in [-0.05, 0) is 48.1 Å². The molecule has 1 rings (SSSR count). The first-order valence-corrected chi connectivity index (χ1v) is 9.52. The standard InChI is InChI=1S/C19H32O2S/c1-14(2)18(19(4,5)6)16-8-10-17(11-9-16)21-15(3)20-12-13-22-7/h8-11,14-15,18H,12-13H2,1-7H3. The number of thioether (sulfide) groups is 1. The van der Waals surface area contributed by atoms with Crippen LogP contribution in [0.3, 0.4) is 0 Å². The van der Waals surface area contributed by atoms with Crippen LogP contribution in [0.2, 0.25) is 0 Å². The Labute approximate surface area is 141 Å². The molecule has 0 heterocycles. The van der Waals surface area contributed by atoms with Gasteiger partial charge >= 0.3 is 0 Å². The molecular weight excluding hydrogens is 292 g/mol. The number of ether oxygens (including phenoxy) is 2. The summed E-state index contributed by atoms with van der Waals surface area (Å²) in [6.07, 6.45) is 1.87. The van der Waals surface area contributed by atoms with Gasteiger partial charge in [0.1, 0.15) is 5.75 Å². The van der Waals surface area contributed by atoms with Crippen LogP contribution in [0.25, 0.3) is 0 Å². The molecule has 0 spiro atoms. The van der Waals surface area contributed by atoms with E-state index in [0.717, 1.165) is 18.1 Å². The molecule has 0 aliphatic rings.